The van der Waals surface area contributed by atoms with E-state index in [0.717, 1.165) is 30.4 Å². The zero-order valence-corrected chi connectivity index (χ0v) is 16.4. The number of nitrogens with two attached hydrogens (primary N) is 1. The van der Waals surface area contributed by atoms with Crippen molar-refractivity contribution in [2.75, 3.05) is 13.2 Å². The van der Waals surface area contributed by atoms with Crippen LogP contribution >= 0.6 is 0 Å². The molecule has 1 fully saturated rings. The lowest BCUT2D eigenvalue weighted by atomic mass is 9.97. The number of hydrogen-bond acceptors (Lipinski definition) is 3. The van der Waals surface area contributed by atoms with Crippen molar-refractivity contribution < 1.29 is 9.90 Å². The Morgan fingerprint density at radius 1 is 1.21 bits per heavy atom. The highest BCUT2D eigenvalue weighted by atomic mass is 16.3. The number of rotatable bonds is 9. The molecule has 1 saturated carbocycles. The summed E-state index contributed by atoms with van der Waals surface area (Å²) in [7, 11) is 0. The normalized spacial score (nSPS) is 15.3. The summed E-state index contributed by atoms with van der Waals surface area (Å²) in [6.07, 6.45) is 4.32. The van der Waals surface area contributed by atoms with E-state index in [-0.39, 0.29) is 18.6 Å². The predicted octanol–water partition coefficient (Wildman–Crippen LogP) is 3.66. The molecule has 5 nitrogen and oxygen atoms in total. The van der Waals surface area contributed by atoms with Gasteiger partial charge in [0.05, 0.1) is 6.04 Å². The second-order valence-electron chi connectivity index (χ2n) is 7.49. The van der Waals surface area contributed by atoms with Gasteiger partial charge in [0.2, 0.25) is 6.41 Å². The van der Waals surface area contributed by atoms with Gasteiger partial charge < -0.3 is 10.8 Å². The van der Waals surface area contributed by atoms with E-state index in [0.29, 0.717) is 25.3 Å². The third-order valence-electron chi connectivity index (χ3n) is 5.15. The maximum atomic E-state index is 11.4. The van der Waals surface area contributed by atoms with Crippen molar-refractivity contribution in [3.05, 3.63) is 59.7 Å². The first-order chi connectivity index (χ1) is 13.6. The molecule has 3 rings (SSSR count). The van der Waals surface area contributed by atoms with Gasteiger partial charge in [-0.1, -0.05) is 48.0 Å². The number of nitrogens with zero attached hydrogens (tertiary/aromatic N) is 2. The minimum absolute atomic E-state index is 0.0370. The zero-order valence-electron chi connectivity index (χ0n) is 16.4. The van der Waals surface area contributed by atoms with Crippen LogP contribution in [0.3, 0.4) is 0 Å². The molecule has 148 valence electrons. The topological polar surface area (TPSA) is 78.9 Å². The summed E-state index contributed by atoms with van der Waals surface area (Å²) in [5.74, 6) is 0.725. The SMILES string of the molecule is Cc1cccc(-c2cccc(C(N=C(N)N(C=O)CCCCO)C3CC3)c2)c1. The molecule has 1 amide bonds. The fraction of sp³-hybridized carbons (Fsp3) is 0.391. The fourth-order valence-corrected chi connectivity index (χ4v) is 3.42. The Hall–Kier alpha value is -2.66. The minimum atomic E-state index is -0.0370. The first-order valence-corrected chi connectivity index (χ1v) is 9.95. The van der Waals surface area contributed by atoms with E-state index in [2.05, 4.69) is 55.5 Å². The number of hydrogen-bond donors (Lipinski definition) is 2. The van der Waals surface area contributed by atoms with Crippen LogP contribution in [-0.4, -0.2) is 35.5 Å². The van der Waals surface area contributed by atoms with Crippen molar-refractivity contribution in [3.63, 3.8) is 0 Å². The Balaban J connectivity index is 1.84. The van der Waals surface area contributed by atoms with E-state index in [4.69, 9.17) is 15.8 Å². The smallest absolute Gasteiger partial charge is 0.216 e. The van der Waals surface area contributed by atoms with Crippen LogP contribution in [0, 0.1) is 12.8 Å². The van der Waals surface area contributed by atoms with Crippen LogP contribution in [0.2, 0.25) is 0 Å². The maximum Gasteiger partial charge on any atom is 0.216 e. The van der Waals surface area contributed by atoms with Gasteiger partial charge in [-0.2, -0.15) is 0 Å². The van der Waals surface area contributed by atoms with Crippen LogP contribution in [0.5, 0.6) is 0 Å². The zero-order chi connectivity index (χ0) is 19.9. The Morgan fingerprint density at radius 2 is 1.93 bits per heavy atom. The van der Waals surface area contributed by atoms with E-state index >= 15 is 0 Å². The standard InChI is InChI=1S/C23H29N3O2/c1-17-6-4-7-19(14-17)20-8-5-9-21(15-20)22(18-10-11-18)25-23(24)26(16-28)12-2-3-13-27/h4-9,14-16,18,22,27H,2-3,10-13H2,1H3,(H2,24,25). The Kier molecular flexibility index (Phi) is 6.82. The lowest BCUT2D eigenvalue weighted by Gasteiger charge is -2.20. The molecule has 0 spiro atoms. The number of benzene rings is 2. The molecule has 0 saturated heterocycles. The molecule has 0 radical (unpaired) electrons. The molecule has 1 unspecified atom stereocenters. The van der Waals surface area contributed by atoms with Crippen molar-refractivity contribution in [2.45, 2.75) is 38.6 Å². The van der Waals surface area contributed by atoms with Gasteiger partial charge in [-0.15, -0.1) is 0 Å². The van der Waals surface area contributed by atoms with Gasteiger partial charge in [0.1, 0.15) is 0 Å². The largest absolute Gasteiger partial charge is 0.396 e. The average Bonchev–Trinajstić information content (AvgIpc) is 3.54. The Labute approximate surface area is 166 Å². The van der Waals surface area contributed by atoms with Crippen molar-refractivity contribution >= 4 is 12.4 Å². The van der Waals surface area contributed by atoms with Gasteiger partial charge in [-0.25, -0.2) is 4.99 Å². The van der Waals surface area contributed by atoms with Gasteiger partial charge in [0.15, 0.2) is 5.96 Å². The lowest BCUT2D eigenvalue weighted by molar-refractivity contribution is -0.115. The summed E-state index contributed by atoms with van der Waals surface area (Å²) < 4.78 is 0. The lowest BCUT2D eigenvalue weighted by Crippen LogP contribution is -2.37. The van der Waals surface area contributed by atoms with Gasteiger partial charge in [0.25, 0.3) is 0 Å². The molecule has 28 heavy (non-hydrogen) atoms. The molecule has 0 aromatic heterocycles. The van der Waals surface area contributed by atoms with Crippen LogP contribution in [0.4, 0.5) is 0 Å². The minimum Gasteiger partial charge on any atom is -0.396 e. The number of carbonyl (C=O) groups excluding carboxylic acids is 1. The van der Waals surface area contributed by atoms with Gasteiger partial charge in [-0.05, 0) is 61.3 Å². The fourth-order valence-electron chi connectivity index (χ4n) is 3.42. The average molecular weight is 380 g/mol. The third-order valence-corrected chi connectivity index (χ3v) is 5.15. The molecule has 1 atom stereocenters. The molecular formula is C23H29N3O2. The molecule has 1 aliphatic rings. The van der Waals surface area contributed by atoms with E-state index in [1.807, 2.05) is 0 Å². The summed E-state index contributed by atoms with van der Waals surface area (Å²) in [6.45, 7) is 2.68. The van der Waals surface area contributed by atoms with Gasteiger partial charge in [0, 0.05) is 13.2 Å². The van der Waals surface area contributed by atoms with Crippen molar-refractivity contribution in [1.29, 1.82) is 0 Å². The first kappa shape index (κ1) is 20.1. The number of aliphatic imine (C=N–C) groups is 1. The van der Waals surface area contributed by atoms with E-state index < -0.39 is 0 Å². The van der Waals surface area contributed by atoms with Crippen LogP contribution in [0.15, 0.2) is 53.5 Å². The van der Waals surface area contributed by atoms with Crippen molar-refractivity contribution in [2.24, 2.45) is 16.6 Å². The summed E-state index contributed by atoms with van der Waals surface area (Å²) in [4.78, 5) is 17.6. The summed E-state index contributed by atoms with van der Waals surface area (Å²) in [6, 6.07) is 16.9. The molecular weight excluding hydrogens is 350 g/mol. The Morgan fingerprint density at radius 3 is 2.57 bits per heavy atom. The highest BCUT2D eigenvalue weighted by molar-refractivity contribution is 5.87. The molecule has 5 heteroatoms. The quantitative estimate of drug-likeness (QED) is 0.302. The molecule has 1 aliphatic carbocycles. The molecule has 0 aliphatic heterocycles. The summed E-state index contributed by atoms with van der Waals surface area (Å²) in [5.41, 5.74) is 10.9. The summed E-state index contributed by atoms with van der Waals surface area (Å²) >= 11 is 0. The van der Waals surface area contributed by atoms with E-state index in [1.165, 1.54) is 16.0 Å². The predicted molar refractivity (Wildman–Crippen MR) is 113 cm³/mol. The van der Waals surface area contributed by atoms with E-state index in [1.54, 1.807) is 0 Å². The van der Waals surface area contributed by atoms with Gasteiger partial charge in [-0.3, -0.25) is 9.69 Å². The number of guanidine groups is 1. The summed E-state index contributed by atoms with van der Waals surface area (Å²) in [5, 5.41) is 8.93. The highest BCUT2D eigenvalue weighted by Crippen LogP contribution is 2.44. The number of aliphatic hydroxyl groups is 1. The molecule has 2 aromatic rings. The number of amides is 1. The molecule has 0 heterocycles. The first-order valence-electron chi connectivity index (χ1n) is 9.95. The van der Waals surface area contributed by atoms with E-state index in [9.17, 15) is 4.79 Å². The van der Waals surface area contributed by atoms with Gasteiger partial charge >= 0.3 is 0 Å². The second kappa shape index (κ2) is 9.51. The van der Waals surface area contributed by atoms with Crippen molar-refractivity contribution in [1.82, 2.24) is 4.90 Å². The van der Waals surface area contributed by atoms with Crippen LogP contribution in [-0.2, 0) is 4.79 Å². The number of unbranched alkanes of at least 4 members (excludes halogenated alkanes) is 1. The van der Waals surface area contributed by atoms with Crippen molar-refractivity contribution in [3.8, 4) is 11.1 Å². The highest BCUT2D eigenvalue weighted by Gasteiger charge is 2.33. The number of aryl methyl sites for hydroxylation is 1. The molecule has 2 aromatic carbocycles. The monoisotopic (exact) mass is 379 g/mol. The van der Waals surface area contributed by atoms with Crippen LogP contribution in [0.25, 0.3) is 11.1 Å². The molecule has 0 bridgehead atoms. The molecule has 3 N–H and O–H groups in total. The number of aliphatic hydroxyl groups excluding tert-OH is 1. The second-order valence-corrected chi connectivity index (χ2v) is 7.49. The third kappa shape index (κ3) is 5.20. The maximum absolute atomic E-state index is 11.4. The Bertz CT molecular complexity index is 830. The van der Waals surface area contributed by atoms with Crippen LogP contribution < -0.4 is 5.73 Å². The number of carbonyl (C=O) groups is 1. The van der Waals surface area contributed by atoms with Crippen LogP contribution in [0.1, 0.15) is 42.9 Å².